The molecule has 0 fully saturated rings. The van der Waals surface area contributed by atoms with Crippen molar-refractivity contribution in [1.82, 2.24) is 0 Å². The van der Waals surface area contributed by atoms with Crippen molar-refractivity contribution in [3.05, 3.63) is 58.2 Å². The van der Waals surface area contributed by atoms with Crippen LogP contribution in [-0.2, 0) is 25.7 Å². The van der Waals surface area contributed by atoms with Crippen LogP contribution in [0.3, 0.4) is 0 Å². The van der Waals surface area contributed by atoms with Gasteiger partial charge in [0.15, 0.2) is 23.1 Å². The lowest BCUT2D eigenvalue weighted by molar-refractivity contribution is 0.179. The summed E-state index contributed by atoms with van der Waals surface area (Å²) >= 11 is 0. The molecule has 168 valence electrons. The maximum Gasteiger partial charge on any atom is 0.165 e. The molecular formula is C27H34F2O2. The summed E-state index contributed by atoms with van der Waals surface area (Å²) < 4.78 is 42.8. The number of unbranched alkanes of at least 4 members (excludes halogenated alkanes) is 2. The number of aryl methyl sites for hydroxylation is 2. The largest absolute Gasteiger partial charge is 0.487 e. The number of hydrogen-bond donors (Lipinski definition) is 0. The Kier molecular flexibility index (Phi) is 7.14. The van der Waals surface area contributed by atoms with E-state index in [1.54, 1.807) is 12.1 Å². The summed E-state index contributed by atoms with van der Waals surface area (Å²) in [6.07, 6.45) is 9.16. The zero-order valence-electron chi connectivity index (χ0n) is 18.8. The Hall–Kier alpha value is -2.10. The predicted octanol–water partition coefficient (Wildman–Crippen LogP) is 7.13. The molecule has 2 aromatic carbocycles. The van der Waals surface area contributed by atoms with E-state index < -0.39 is 0 Å². The molecule has 2 nitrogen and oxygen atoms in total. The topological polar surface area (TPSA) is 18.5 Å². The second-order valence-corrected chi connectivity index (χ2v) is 9.16. The summed E-state index contributed by atoms with van der Waals surface area (Å²) in [5.41, 5.74) is 3.71. The molecule has 0 saturated carbocycles. The third-order valence-electron chi connectivity index (χ3n) is 6.52. The zero-order valence-corrected chi connectivity index (χ0v) is 18.8. The first-order chi connectivity index (χ1) is 15.1. The van der Waals surface area contributed by atoms with Crippen molar-refractivity contribution in [1.29, 1.82) is 0 Å². The normalized spacial score (nSPS) is 20.3. The smallest absolute Gasteiger partial charge is 0.165 e. The van der Waals surface area contributed by atoms with Crippen LogP contribution < -0.4 is 9.47 Å². The fraction of sp³-hybridized carbons (Fsp3) is 0.556. The molecule has 0 aliphatic carbocycles. The third-order valence-corrected chi connectivity index (χ3v) is 6.52. The van der Waals surface area contributed by atoms with Gasteiger partial charge in [-0.2, -0.15) is 0 Å². The number of benzene rings is 2. The van der Waals surface area contributed by atoms with E-state index in [1.165, 1.54) is 0 Å². The molecular weight excluding hydrogens is 394 g/mol. The van der Waals surface area contributed by atoms with Gasteiger partial charge in [-0.15, -0.1) is 0 Å². The molecule has 2 aromatic rings. The Morgan fingerprint density at radius 2 is 1.19 bits per heavy atom. The van der Waals surface area contributed by atoms with Crippen LogP contribution in [0.5, 0.6) is 11.5 Å². The van der Waals surface area contributed by atoms with Gasteiger partial charge in [0.05, 0.1) is 0 Å². The first kappa shape index (κ1) is 22.1. The van der Waals surface area contributed by atoms with Gasteiger partial charge in [-0.05, 0) is 68.2 Å². The lowest BCUT2D eigenvalue weighted by atomic mass is 9.98. The number of rotatable bonds is 6. The van der Waals surface area contributed by atoms with Gasteiger partial charge in [-0.3, -0.25) is 0 Å². The van der Waals surface area contributed by atoms with Crippen LogP contribution in [0, 0.1) is 11.6 Å². The minimum atomic E-state index is -0.280. The standard InChI is InChI=1S/C27H34F2O2/c1-3-5-8-18-12-20-16-22-10-7-11-23(30-26(20)24(28)14-18)17-21-13-19(9-6-4-2)15-25(29)27(21)31-22/h12-15,22-23H,3-11,16-17H2,1-2H3. The van der Waals surface area contributed by atoms with Crippen LogP contribution in [0.2, 0.25) is 0 Å². The van der Waals surface area contributed by atoms with E-state index in [0.717, 1.165) is 80.0 Å². The summed E-state index contributed by atoms with van der Waals surface area (Å²) in [5, 5.41) is 0. The van der Waals surface area contributed by atoms with Crippen molar-refractivity contribution < 1.29 is 18.3 Å². The van der Waals surface area contributed by atoms with Crippen molar-refractivity contribution in [3.8, 4) is 11.5 Å². The number of ether oxygens (including phenoxy) is 2. The highest BCUT2D eigenvalue weighted by atomic mass is 19.1. The highest BCUT2D eigenvalue weighted by molar-refractivity contribution is 5.43. The molecule has 2 aliphatic rings. The molecule has 2 unspecified atom stereocenters. The van der Waals surface area contributed by atoms with E-state index in [9.17, 15) is 0 Å². The molecule has 2 heterocycles. The highest BCUT2D eigenvalue weighted by Gasteiger charge is 2.29. The minimum Gasteiger partial charge on any atom is -0.487 e. The molecule has 0 N–H and O–H groups in total. The van der Waals surface area contributed by atoms with E-state index in [-0.39, 0.29) is 23.8 Å². The Labute approximate surface area is 185 Å². The predicted molar refractivity (Wildman–Crippen MR) is 120 cm³/mol. The van der Waals surface area contributed by atoms with Crippen LogP contribution in [0.15, 0.2) is 24.3 Å². The molecule has 31 heavy (non-hydrogen) atoms. The van der Waals surface area contributed by atoms with Crippen LogP contribution in [-0.4, -0.2) is 12.2 Å². The molecule has 4 heteroatoms. The Morgan fingerprint density at radius 3 is 1.61 bits per heavy atom. The fourth-order valence-corrected chi connectivity index (χ4v) is 4.85. The van der Waals surface area contributed by atoms with Gasteiger partial charge < -0.3 is 9.47 Å². The van der Waals surface area contributed by atoms with Gasteiger partial charge in [-0.1, -0.05) is 38.8 Å². The van der Waals surface area contributed by atoms with Gasteiger partial charge in [0.25, 0.3) is 0 Å². The monoisotopic (exact) mass is 428 g/mol. The molecule has 0 amide bonds. The zero-order chi connectivity index (χ0) is 21.8. The summed E-state index contributed by atoms with van der Waals surface area (Å²) in [7, 11) is 0. The van der Waals surface area contributed by atoms with E-state index >= 15 is 8.78 Å². The summed E-state index contributed by atoms with van der Waals surface area (Å²) in [6, 6.07) is 7.39. The van der Waals surface area contributed by atoms with Crippen LogP contribution in [0.25, 0.3) is 0 Å². The number of halogens is 2. The lowest BCUT2D eigenvalue weighted by Gasteiger charge is -2.26. The maximum atomic E-state index is 15.1. The average molecular weight is 429 g/mol. The van der Waals surface area contributed by atoms with E-state index in [1.807, 2.05) is 0 Å². The van der Waals surface area contributed by atoms with Crippen molar-refractivity contribution in [2.45, 2.75) is 96.7 Å². The SMILES string of the molecule is CCCCc1cc(F)c2c(c1)CC1CCCC(Cc3cc(CCCC)cc(F)c3O1)O2. The Bertz CT molecular complexity index is 835. The van der Waals surface area contributed by atoms with E-state index in [4.69, 9.17) is 9.47 Å². The third kappa shape index (κ3) is 5.22. The van der Waals surface area contributed by atoms with Gasteiger partial charge in [-0.25, -0.2) is 8.78 Å². The molecule has 0 aromatic heterocycles. The first-order valence-electron chi connectivity index (χ1n) is 12.0. The van der Waals surface area contributed by atoms with Crippen molar-refractivity contribution >= 4 is 0 Å². The highest BCUT2D eigenvalue weighted by Crippen LogP contribution is 2.37. The fourth-order valence-electron chi connectivity index (χ4n) is 4.85. The second-order valence-electron chi connectivity index (χ2n) is 9.16. The number of fused-ring (bicyclic) bond motifs is 6. The van der Waals surface area contributed by atoms with Crippen molar-refractivity contribution in [2.24, 2.45) is 0 Å². The summed E-state index contributed by atoms with van der Waals surface area (Å²) in [6.45, 7) is 4.27. The van der Waals surface area contributed by atoms with Crippen LogP contribution in [0.4, 0.5) is 8.78 Å². The van der Waals surface area contributed by atoms with Gasteiger partial charge >= 0.3 is 0 Å². The summed E-state index contributed by atoms with van der Waals surface area (Å²) in [5.74, 6) is 0.175. The summed E-state index contributed by atoms with van der Waals surface area (Å²) in [4.78, 5) is 0. The molecule has 2 aliphatic heterocycles. The van der Waals surface area contributed by atoms with Gasteiger partial charge in [0.2, 0.25) is 0 Å². The van der Waals surface area contributed by atoms with Gasteiger partial charge in [0, 0.05) is 24.0 Å². The van der Waals surface area contributed by atoms with Crippen LogP contribution >= 0.6 is 0 Å². The molecule has 2 bridgehead atoms. The van der Waals surface area contributed by atoms with Crippen LogP contribution in [0.1, 0.15) is 81.0 Å². The minimum absolute atomic E-state index is 0.185. The molecule has 2 atom stereocenters. The van der Waals surface area contributed by atoms with E-state index in [2.05, 4.69) is 26.0 Å². The first-order valence-corrected chi connectivity index (χ1v) is 12.0. The second kappa shape index (κ2) is 10.0. The quantitative estimate of drug-likeness (QED) is 0.487. The molecule has 0 saturated heterocycles. The van der Waals surface area contributed by atoms with E-state index in [0.29, 0.717) is 24.3 Å². The lowest BCUT2D eigenvalue weighted by Crippen LogP contribution is -2.24. The van der Waals surface area contributed by atoms with Crippen molar-refractivity contribution in [2.75, 3.05) is 0 Å². The number of hydrogen-bond acceptors (Lipinski definition) is 2. The van der Waals surface area contributed by atoms with Gasteiger partial charge in [0.1, 0.15) is 12.2 Å². The Balaban J connectivity index is 1.71. The maximum absolute atomic E-state index is 15.1. The molecule has 0 radical (unpaired) electrons. The molecule has 0 spiro atoms. The molecule has 4 rings (SSSR count). The van der Waals surface area contributed by atoms with Crippen molar-refractivity contribution in [3.63, 3.8) is 0 Å². The Morgan fingerprint density at radius 1 is 0.742 bits per heavy atom. The average Bonchev–Trinajstić information content (AvgIpc) is 2.88.